The standard InChI is InChI=1S/C14H21N3OS2/c1-10(2)8-9-15-14(19)17-16-13(18)11-4-6-12(20-3)7-5-11/h4-7,10H,8-9H2,1-3H3,(H,16,18)(H2,15,17,19). The Morgan fingerprint density at radius 3 is 2.45 bits per heavy atom. The van der Waals surface area contributed by atoms with Gasteiger partial charge in [-0.25, -0.2) is 0 Å². The van der Waals surface area contributed by atoms with Crippen molar-refractivity contribution in [3.63, 3.8) is 0 Å². The number of thioether (sulfide) groups is 1. The highest BCUT2D eigenvalue weighted by molar-refractivity contribution is 7.98. The van der Waals surface area contributed by atoms with Gasteiger partial charge in [-0.15, -0.1) is 11.8 Å². The summed E-state index contributed by atoms with van der Waals surface area (Å²) in [6, 6.07) is 7.41. The van der Waals surface area contributed by atoms with Gasteiger partial charge < -0.3 is 5.32 Å². The van der Waals surface area contributed by atoms with Gasteiger partial charge in [0, 0.05) is 17.0 Å². The van der Waals surface area contributed by atoms with Crippen molar-refractivity contribution in [1.82, 2.24) is 16.2 Å². The fourth-order valence-electron chi connectivity index (χ4n) is 1.45. The van der Waals surface area contributed by atoms with Crippen molar-refractivity contribution in [3.05, 3.63) is 29.8 Å². The highest BCUT2D eigenvalue weighted by Gasteiger charge is 2.05. The molecule has 6 heteroatoms. The van der Waals surface area contributed by atoms with Crippen LogP contribution in [0.5, 0.6) is 0 Å². The van der Waals surface area contributed by atoms with Gasteiger partial charge in [0.1, 0.15) is 0 Å². The minimum absolute atomic E-state index is 0.203. The maximum Gasteiger partial charge on any atom is 0.269 e. The highest BCUT2D eigenvalue weighted by Crippen LogP contribution is 2.14. The number of amides is 1. The Bertz CT molecular complexity index is 446. The molecule has 0 aliphatic heterocycles. The average molecular weight is 311 g/mol. The number of hydrogen-bond acceptors (Lipinski definition) is 3. The molecule has 1 amide bonds. The summed E-state index contributed by atoms with van der Waals surface area (Å²) in [7, 11) is 0. The Hall–Kier alpha value is -1.27. The SMILES string of the molecule is CSc1ccc(C(=O)NNC(=S)NCCC(C)C)cc1. The molecule has 1 rings (SSSR count). The maximum atomic E-state index is 11.9. The molecule has 0 unspecified atom stereocenters. The van der Waals surface area contributed by atoms with Crippen molar-refractivity contribution in [3.8, 4) is 0 Å². The predicted octanol–water partition coefficient (Wildman–Crippen LogP) is 2.56. The van der Waals surface area contributed by atoms with Crippen molar-refractivity contribution < 1.29 is 4.79 Å². The molecule has 0 heterocycles. The van der Waals surface area contributed by atoms with E-state index in [9.17, 15) is 4.79 Å². The first-order valence-corrected chi connectivity index (χ1v) is 8.14. The van der Waals surface area contributed by atoms with E-state index >= 15 is 0 Å². The second-order valence-electron chi connectivity index (χ2n) is 4.75. The Morgan fingerprint density at radius 1 is 1.25 bits per heavy atom. The fraction of sp³-hybridized carbons (Fsp3) is 0.429. The molecule has 0 bridgehead atoms. The largest absolute Gasteiger partial charge is 0.361 e. The molecule has 3 N–H and O–H groups in total. The molecule has 0 aliphatic rings. The smallest absolute Gasteiger partial charge is 0.269 e. The highest BCUT2D eigenvalue weighted by atomic mass is 32.2. The summed E-state index contributed by atoms with van der Waals surface area (Å²) >= 11 is 6.71. The van der Waals surface area contributed by atoms with Crippen LogP contribution in [0.1, 0.15) is 30.6 Å². The third kappa shape index (κ3) is 6.25. The van der Waals surface area contributed by atoms with E-state index in [-0.39, 0.29) is 5.91 Å². The first-order chi connectivity index (χ1) is 9.52. The predicted molar refractivity (Wildman–Crippen MR) is 88.9 cm³/mol. The van der Waals surface area contributed by atoms with Crippen LogP contribution in [-0.4, -0.2) is 23.8 Å². The van der Waals surface area contributed by atoms with Gasteiger partial charge in [0.25, 0.3) is 5.91 Å². The van der Waals surface area contributed by atoms with E-state index in [0.717, 1.165) is 17.9 Å². The van der Waals surface area contributed by atoms with Crippen LogP contribution in [0.3, 0.4) is 0 Å². The van der Waals surface area contributed by atoms with Crippen LogP contribution in [-0.2, 0) is 0 Å². The van der Waals surface area contributed by atoms with Crippen LogP contribution in [0.2, 0.25) is 0 Å². The molecule has 110 valence electrons. The van der Waals surface area contributed by atoms with Gasteiger partial charge in [0.2, 0.25) is 0 Å². The van der Waals surface area contributed by atoms with Crippen LogP contribution in [0.15, 0.2) is 29.2 Å². The topological polar surface area (TPSA) is 53.2 Å². The Labute approximate surface area is 130 Å². The van der Waals surface area contributed by atoms with Crippen molar-refractivity contribution in [2.75, 3.05) is 12.8 Å². The van der Waals surface area contributed by atoms with E-state index in [1.165, 1.54) is 0 Å². The number of carbonyl (C=O) groups excluding carboxylic acids is 1. The van der Waals surface area contributed by atoms with Crippen LogP contribution in [0, 0.1) is 5.92 Å². The van der Waals surface area contributed by atoms with Crippen LogP contribution < -0.4 is 16.2 Å². The number of benzene rings is 1. The van der Waals surface area contributed by atoms with E-state index in [2.05, 4.69) is 30.0 Å². The van der Waals surface area contributed by atoms with Crippen molar-refractivity contribution >= 4 is 35.0 Å². The number of hydrazine groups is 1. The first kappa shape index (κ1) is 16.8. The maximum absolute atomic E-state index is 11.9. The molecule has 0 spiro atoms. The Morgan fingerprint density at radius 2 is 1.90 bits per heavy atom. The minimum atomic E-state index is -0.203. The molecule has 0 atom stereocenters. The molecule has 20 heavy (non-hydrogen) atoms. The van der Waals surface area contributed by atoms with E-state index in [4.69, 9.17) is 12.2 Å². The minimum Gasteiger partial charge on any atom is -0.361 e. The number of nitrogens with one attached hydrogen (secondary N) is 3. The summed E-state index contributed by atoms with van der Waals surface area (Å²) in [5, 5.41) is 3.47. The summed E-state index contributed by atoms with van der Waals surface area (Å²) in [5.74, 6) is 0.417. The summed E-state index contributed by atoms with van der Waals surface area (Å²) < 4.78 is 0. The molecule has 4 nitrogen and oxygen atoms in total. The zero-order chi connectivity index (χ0) is 15.0. The lowest BCUT2D eigenvalue weighted by Crippen LogP contribution is -2.47. The third-order valence-electron chi connectivity index (χ3n) is 2.65. The van der Waals surface area contributed by atoms with Gasteiger partial charge >= 0.3 is 0 Å². The van der Waals surface area contributed by atoms with Gasteiger partial charge in [-0.1, -0.05) is 13.8 Å². The van der Waals surface area contributed by atoms with Gasteiger partial charge in [0.05, 0.1) is 0 Å². The van der Waals surface area contributed by atoms with Crippen molar-refractivity contribution in [2.45, 2.75) is 25.2 Å². The monoisotopic (exact) mass is 311 g/mol. The quantitative estimate of drug-likeness (QED) is 0.443. The Balaban J connectivity index is 2.33. The molecule has 0 saturated heterocycles. The van der Waals surface area contributed by atoms with E-state index in [0.29, 0.717) is 16.6 Å². The third-order valence-corrected chi connectivity index (χ3v) is 3.64. The lowest BCUT2D eigenvalue weighted by Gasteiger charge is -2.12. The summed E-state index contributed by atoms with van der Waals surface area (Å²) in [4.78, 5) is 13.0. The van der Waals surface area contributed by atoms with E-state index in [1.54, 1.807) is 23.9 Å². The molecule has 0 radical (unpaired) electrons. The fourth-order valence-corrected chi connectivity index (χ4v) is 2.01. The number of thiocarbonyl (C=S) groups is 1. The van der Waals surface area contributed by atoms with Gasteiger partial charge in [-0.2, -0.15) is 0 Å². The lowest BCUT2D eigenvalue weighted by molar-refractivity contribution is 0.0943. The van der Waals surface area contributed by atoms with Crippen LogP contribution >= 0.6 is 24.0 Å². The van der Waals surface area contributed by atoms with Crippen LogP contribution in [0.25, 0.3) is 0 Å². The van der Waals surface area contributed by atoms with Gasteiger partial charge in [0.15, 0.2) is 5.11 Å². The zero-order valence-electron chi connectivity index (χ0n) is 12.0. The van der Waals surface area contributed by atoms with E-state index < -0.39 is 0 Å². The molecular formula is C14H21N3OS2. The molecule has 0 saturated carbocycles. The lowest BCUT2D eigenvalue weighted by atomic mass is 10.1. The number of rotatable bonds is 5. The second kappa shape index (κ2) is 8.81. The van der Waals surface area contributed by atoms with E-state index in [1.807, 2.05) is 18.4 Å². The summed E-state index contributed by atoms with van der Waals surface area (Å²) in [6.07, 6.45) is 3.03. The summed E-state index contributed by atoms with van der Waals surface area (Å²) in [6.45, 7) is 5.10. The Kier molecular flexibility index (Phi) is 7.40. The molecule has 0 aromatic heterocycles. The zero-order valence-corrected chi connectivity index (χ0v) is 13.7. The van der Waals surface area contributed by atoms with Crippen molar-refractivity contribution in [1.29, 1.82) is 0 Å². The molecule has 1 aromatic rings. The number of carbonyl (C=O) groups is 1. The van der Waals surface area contributed by atoms with Crippen molar-refractivity contribution in [2.24, 2.45) is 5.92 Å². The average Bonchev–Trinajstić information content (AvgIpc) is 2.44. The molecule has 0 aliphatic carbocycles. The van der Waals surface area contributed by atoms with Gasteiger partial charge in [-0.05, 0) is 55.1 Å². The molecule has 0 fully saturated rings. The number of hydrogen-bond donors (Lipinski definition) is 3. The van der Waals surface area contributed by atoms with Gasteiger partial charge in [-0.3, -0.25) is 15.6 Å². The second-order valence-corrected chi connectivity index (χ2v) is 6.03. The molecule has 1 aromatic carbocycles. The van der Waals surface area contributed by atoms with Crippen LogP contribution in [0.4, 0.5) is 0 Å². The molecular weight excluding hydrogens is 290 g/mol. The summed E-state index contributed by atoms with van der Waals surface area (Å²) in [5.41, 5.74) is 5.87. The normalized spacial score (nSPS) is 10.2. The first-order valence-electron chi connectivity index (χ1n) is 6.51.